The van der Waals surface area contributed by atoms with Gasteiger partial charge in [0.2, 0.25) is 11.8 Å². The largest absolute Gasteiger partial charge is 0.469 e. The van der Waals surface area contributed by atoms with Crippen LogP contribution in [0.3, 0.4) is 0 Å². The van der Waals surface area contributed by atoms with E-state index in [2.05, 4.69) is 4.74 Å². The summed E-state index contributed by atoms with van der Waals surface area (Å²) in [6.07, 6.45) is 0.427. The van der Waals surface area contributed by atoms with Crippen LogP contribution in [0.1, 0.15) is 19.8 Å². The van der Waals surface area contributed by atoms with E-state index in [0.29, 0.717) is 13.1 Å². The number of nitrogens with zero attached hydrogens (tertiary/aromatic N) is 2. The topological polar surface area (TPSA) is 66.9 Å². The molecule has 6 heteroatoms. The molecule has 1 saturated heterocycles. The van der Waals surface area contributed by atoms with Gasteiger partial charge in [-0.15, -0.1) is 0 Å². The highest BCUT2D eigenvalue weighted by Crippen LogP contribution is 2.17. The second-order valence-corrected chi connectivity index (χ2v) is 3.97. The summed E-state index contributed by atoms with van der Waals surface area (Å²) in [4.78, 5) is 37.2. The molecule has 96 valence electrons. The van der Waals surface area contributed by atoms with Crippen LogP contribution < -0.4 is 0 Å². The second kappa shape index (κ2) is 5.77. The zero-order valence-corrected chi connectivity index (χ0v) is 10.4. The average Bonchev–Trinajstić information content (AvgIpc) is 2.58. The van der Waals surface area contributed by atoms with Gasteiger partial charge >= 0.3 is 5.97 Å². The Labute approximate surface area is 101 Å². The minimum Gasteiger partial charge on any atom is -0.469 e. The molecule has 0 radical (unpaired) electrons. The fourth-order valence-electron chi connectivity index (χ4n) is 1.89. The van der Waals surface area contributed by atoms with Gasteiger partial charge in [0, 0.05) is 13.6 Å². The Morgan fingerprint density at radius 1 is 1.53 bits per heavy atom. The first-order valence-electron chi connectivity index (χ1n) is 5.62. The third-order valence-electron chi connectivity index (χ3n) is 3.04. The molecule has 1 unspecified atom stereocenters. The fraction of sp³-hybridized carbons (Fsp3) is 0.727. The van der Waals surface area contributed by atoms with Crippen LogP contribution in [0.2, 0.25) is 0 Å². The molecule has 1 aliphatic rings. The molecule has 0 aromatic rings. The van der Waals surface area contributed by atoms with Gasteiger partial charge < -0.3 is 4.74 Å². The van der Waals surface area contributed by atoms with Crippen LogP contribution in [-0.4, -0.2) is 60.9 Å². The second-order valence-electron chi connectivity index (χ2n) is 3.97. The Hall–Kier alpha value is -1.43. The van der Waals surface area contributed by atoms with E-state index >= 15 is 0 Å². The van der Waals surface area contributed by atoms with E-state index in [1.807, 2.05) is 11.8 Å². The van der Waals surface area contributed by atoms with Crippen molar-refractivity contribution in [3.8, 4) is 0 Å². The molecule has 2 amide bonds. The van der Waals surface area contributed by atoms with Crippen LogP contribution in [0.5, 0.6) is 0 Å². The van der Waals surface area contributed by atoms with Crippen molar-refractivity contribution >= 4 is 17.8 Å². The predicted molar refractivity (Wildman–Crippen MR) is 60.1 cm³/mol. The number of likely N-dealkylation sites (tertiary alicyclic amines) is 1. The monoisotopic (exact) mass is 242 g/mol. The van der Waals surface area contributed by atoms with Gasteiger partial charge in [0.15, 0.2) is 0 Å². The van der Waals surface area contributed by atoms with E-state index in [1.165, 1.54) is 14.2 Å². The highest BCUT2D eigenvalue weighted by molar-refractivity contribution is 6.05. The number of likely N-dealkylation sites (N-methyl/N-ethyl adjacent to an activating group) is 2. The lowest BCUT2D eigenvalue weighted by atomic mass is 10.2. The van der Waals surface area contributed by atoms with Gasteiger partial charge in [-0.3, -0.25) is 24.2 Å². The molecule has 1 atom stereocenters. The molecule has 0 aromatic carbocycles. The maximum Gasteiger partial charge on any atom is 0.306 e. The van der Waals surface area contributed by atoms with E-state index in [0.717, 1.165) is 4.90 Å². The van der Waals surface area contributed by atoms with Gasteiger partial charge in [-0.2, -0.15) is 0 Å². The Morgan fingerprint density at radius 3 is 2.59 bits per heavy atom. The van der Waals surface area contributed by atoms with E-state index < -0.39 is 6.04 Å². The number of carbonyl (C=O) groups excluding carboxylic acids is 3. The van der Waals surface area contributed by atoms with Crippen molar-refractivity contribution in [2.24, 2.45) is 0 Å². The first-order chi connectivity index (χ1) is 8.01. The molecule has 0 saturated carbocycles. The van der Waals surface area contributed by atoms with Crippen LogP contribution >= 0.6 is 0 Å². The molecule has 0 aliphatic carbocycles. The van der Waals surface area contributed by atoms with Crippen molar-refractivity contribution in [3.63, 3.8) is 0 Å². The lowest BCUT2D eigenvalue weighted by molar-refractivity contribution is -0.142. The summed E-state index contributed by atoms with van der Waals surface area (Å²) in [6.45, 7) is 2.95. The van der Waals surface area contributed by atoms with Crippen LogP contribution in [0.15, 0.2) is 0 Å². The summed E-state index contributed by atoms with van der Waals surface area (Å²) in [5, 5.41) is 0. The number of hydrogen-bond acceptors (Lipinski definition) is 5. The summed E-state index contributed by atoms with van der Waals surface area (Å²) in [5.41, 5.74) is 0. The van der Waals surface area contributed by atoms with Crippen molar-refractivity contribution < 1.29 is 19.1 Å². The highest BCUT2D eigenvalue weighted by Gasteiger charge is 2.39. The molecule has 1 heterocycles. The smallest absolute Gasteiger partial charge is 0.306 e. The number of esters is 1. The van der Waals surface area contributed by atoms with Crippen molar-refractivity contribution in [2.75, 3.05) is 27.2 Å². The van der Waals surface area contributed by atoms with E-state index in [-0.39, 0.29) is 30.6 Å². The minimum atomic E-state index is -0.429. The molecule has 1 fully saturated rings. The van der Waals surface area contributed by atoms with Gasteiger partial charge in [0.05, 0.1) is 26.0 Å². The number of carbonyl (C=O) groups is 3. The summed E-state index contributed by atoms with van der Waals surface area (Å²) in [5.74, 6) is -0.674. The fourth-order valence-corrected chi connectivity index (χ4v) is 1.89. The van der Waals surface area contributed by atoms with Crippen LogP contribution in [0.4, 0.5) is 0 Å². The van der Waals surface area contributed by atoms with E-state index in [9.17, 15) is 14.4 Å². The Bertz CT molecular complexity index is 329. The van der Waals surface area contributed by atoms with E-state index in [1.54, 1.807) is 0 Å². The molecule has 1 rings (SSSR count). The Morgan fingerprint density at radius 2 is 2.18 bits per heavy atom. The zero-order chi connectivity index (χ0) is 13.0. The summed E-state index contributed by atoms with van der Waals surface area (Å²) in [7, 11) is 2.81. The molecule has 0 N–H and O–H groups in total. The first-order valence-corrected chi connectivity index (χ1v) is 5.62. The zero-order valence-electron chi connectivity index (χ0n) is 10.4. The third kappa shape index (κ3) is 3.03. The minimum absolute atomic E-state index is 0.170. The molecular formula is C11H18N2O4. The third-order valence-corrected chi connectivity index (χ3v) is 3.04. The maximum atomic E-state index is 11.8. The number of amides is 2. The number of ether oxygens (including phenoxy) is 1. The molecule has 0 spiro atoms. The Balaban J connectivity index is 2.59. The number of imide groups is 1. The predicted octanol–water partition coefficient (Wildman–Crippen LogP) is -0.371. The summed E-state index contributed by atoms with van der Waals surface area (Å²) in [6, 6.07) is -0.429. The van der Waals surface area contributed by atoms with Crippen molar-refractivity contribution in [1.82, 2.24) is 9.80 Å². The SMILES string of the molecule is CCN(CCC(=O)OC)C1CC(=O)N(C)C1=O. The lowest BCUT2D eigenvalue weighted by Gasteiger charge is -2.24. The Kier molecular flexibility index (Phi) is 4.62. The number of methoxy groups -OCH3 is 1. The van der Waals surface area contributed by atoms with Gasteiger partial charge in [-0.25, -0.2) is 0 Å². The normalized spacial score (nSPS) is 20.2. The quantitative estimate of drug-likeness (QED) is 0.486. The van der Waals surface area contributed by atoms with Crippen molar-refractivity contribution in [1.29, 1.82) is 0 Å². The van der Waals surface area contributed by atoms with Gasteiger partial charge in [0.1, 0.15) is 0 Å². The standard InChI is InChI=1S/C11H18N2O4/c1-4-13(6-5-10(15)17-3)8-7-9(14)12(2)11(8)16/h8H,4-7H2,1-3H3. The number of hydrogen-bond donors (Lipinski definition) is 0. The molecule has 0 bridgehead atoms. The molecule has 0 aromatic heterocycles. The van der Waals surface area contributed by atoms with Crippen molar-refractivity contribution in [3.05, 3.63) is 0 Å². The maximum absolute atomic E-state index is 11.8. The van der Waals surface area contributed by atoms with Crippen LogP contribution in [0, 0.1) is 0 Å². The molecule has 6 nitrogen and oxygen atoms in total. The van der Waals surface area contributed by atoms with Crippen LogP contribution in [-0.2, 0) is 19.1 Å². The molecule has 17 heavy (non-hydrogen) atoms. The summed E-state index contributed by atoms with van der Waals surface area (Å²) < 4.78 is 4.55. The molecular weight excluding hydrogens is 224 g/mol. The first kappa shape index (κ1) is 13.6. The van der Waals surface area contributed by atoms with Gasteiger partial charge in [-0.1, -0.05) is 6.92 Å². The van der Waals surface area contributed by atoms with Crippen LogP contribution in [0.25, 0.3) is 0 Å². The van der Waals surface area contributed by atoms with Gasteiger partial charge in [0.25, 0.3) is 0 Å². The lowest BCUT2D eigenvalue weighted by Crippen LogP contribution is -2.42. The molecule has 1 aliphatic heterocycles. The highest BCUT2D eigenvalue weighted by atomic mass is 16.5. The summed E-state index contributed by atoms with van der Waals surface area (Å²) >= 11 is 0. The average molecular weight is 242 g/mol. The van der Waals surface area contributed by atoms with Crippen molar-refractivity contribution in [2.45, 2.75) is 25.8 Å². The van der Waals surface area contributed by atoms with E-state index in [4.69, 9.17) is 0 Å². The number of rotatable bonds is 5. The van der Waals surface area contributed by atoms with Gasteiger partial charge in [-0.05, 0) is 6.54 Å².